The first-order chi connectivity index (χ1) is 12.0. The van der Waals surface area contributed by atoms with Gasteiger partial charge in [-0.1, -0.05) is 29.8 Å². The summed E-state index contributed by atoms with van der Waals surface area (Å²) in [5.74, 6) is 0.655. The van der Waals surface area contributed by atoms with Crippen LogP contribution in [-0.4, -0.2) is 39.5 Å². The second kappa shape index (κ2) is 8.64. The van der Waals surface area contributed by atoms with E-state index in [2.05, 4.69) is 27.1 Å². The van der Waals surface area contributed by atoms with Gasteiger partial charge < -0.3 is 4.90 Å². The summed E-state index contributed by atoms with van der Waals surface area (Å²) in [5.41, 5.74) is 0.744. The Morgan fingerprint density at radius 1 is 1.16 bits per heavy atom. The van der Waals surface area contributed by atoms with Gasteiger partial charge in [-0.15, -0.1) is 11.3 Å². The Labute approximate surface area is 158 Å². The smallest absolute Gasteiger partial charge is 0.215 e. The van der Waals surface area contributed by atoms with Crippen molar-refractivity contribution < 1.29 is 8.42 Å². The fraction of sp³-hybridized carbons (Fsp3) is 0.444. The third kappa shape index (κ3) is 5.79. The van der Waals surface area contributed by atoms with Gasteiger partial charge in [0.15, 0.2) is 0 Å². The molecule has 136 valence electrons. The van der Waals surface area contributed by atoms with Crippen molar-refractivity contribution in [1.29, 1.82) is 0 Å². The van der Waals surface area contributed by atoms with E-state index in [1.54, 1.807) is 24.3 Å². The molecule has 2 aromatic rings. The number of halogens is 1. The fourth-order valence-electron chi connectivity index (χ4n) is 3.17. The van der Waals surface area contributed by atoms with Crippen LogP contribution in [0.4, 0.5) is 0 Å². The van der Waals surface area contributed by atoms with E-state index in [0.717, 1.165) is 38.0 Å². The predicted octanol–water partition coefficient (Wildman–Crippen LogP) is 3.70. The van der Waals surface area contributed by atoms with Gasteiger partial charge in [0.25, 0.3) is 0 Å². The van der Waals surface area contributed by atoms with E-state index in [0.29, 0.717) is 17.5 Å². The Morgan fingerprint density at radius 3 is 2.52 bits per heavy atom. The molecular weight excluding hydrogens is 376 g/mol. The van der Waals surface area contributed by atoms with Crippen molar-refractivity contribution in [2.24, 2.45) is 0 Å². The largest absolute Gasteiger partial charge is 0.302 e. The summed E-state index contributed by atoms with van der Waals surface area (Å²) in [6, 6.07) is 11.2. The van der Waals surface area contributed by atoms with Crippen LogP contribution in [0.1, 0.15) is 29.2 Å². The van der Waals surface area contributed by atoms with Crippen LogP contribution in [0.2, 0.25) is 5.02 Å². The molecule has 0 spiro atoms. The SMILES string of the molecule is O=S(=O)(Cc1ccc(Cl)cc1)NCCN1CCC(c2cccs2)CC1. The van der Waals surface area contributed by atoms with Crippen molar-refractivity contribution in [3.05, 3.63) is 57.2 Å². The number of nitrogens with zero attached hydrogens (tertiary/aromatic N) is 1. The number of benzene rings is 1. The molecule has 1 saturated heterocycles. The van der Waals surface area contributed by atoms with Crippen LogP contribution in [0.25, 0.3) is 0 Å². The molecule has 1 aliphatic rings. The van der Waals surface area contributed by atoms with Gasteiger partial charge >= 0.3 is 0 Å². The first-order valence-electron chi connectivity index (χ1n) is 8.49. The average molecular weight is 399 g/mol. The zero-order valence-electron chi connectivity index (χ0n) is 14.0. The van der Waals surface area contributed by atoms with E-state index >= 15 is 0 Å². The number of sulfonamides is 1. The maximum absolute atomic E-state index is 12.2. The molecule has 1 aliphatic heterocycles. The highest BCUT2D eigenvalue weighted by Gasteiger charge is 2.21. The minimum absolute atomic E-state index is 0.00930. The molecule has 1 aromatic carbocycles. The van der Waals surface area contributed by atoms with Gasteiger partial charge in [0.05, 0.1) is 5.75 Å². The van der Waals surface area contributed by atoms with Gasteiger partial charge in [0.1, 0.15) is 0 Å². The van der Waals surface area contributed by atoms with E-state index in [-0.39, 0.29) is 5.75 Å². The van der Waals surface area contributed by atoms with Crippen LogP contribution in [-0.2, 0) is 15.8 Å². The van der Waals surface area contributed by atoms with Crippen LogP contribution in [0.3, 0.4) is 0 Å². The van der Waals surface area contributed by atoms with Gasteiger partial charge in [-0.3, -0.25) is 0 Å². The molecule has 0 atom stereocenters. The van der Waals surface area contributed by atoms with E-state index in [1.165, 1.54) is 4.88 Å². The van der Waals surface area contributed by atoms with E-state index in [9.17, 15) is 8.42 Å². The molecule has 0 amide bonds. The Balaban J connectivity index is 1.40. The Hall–Kier alpha value is -0.920. The topological polar surface area (TPSA) is 49.4 Å². The van der Waals surface area contributed by atoms with Crippen molar-refractivity contribution in [3.8, 4) is 0 Å². The lowest BCUT2D eigenvalue weighted by atomic mass is 9.95. The maximum Gasteiger partial charge on any atom is 0.215 e. The number of thiophene rings is 1. The highest BCUT2D eigenvalue weighted by atomic mass is 35.5. The molecule has 3 rings (SSSR count). The van der Waals surface area contributed by atoms with Crippen molar-refractivity contribution >= 4 is 33.0 Å². The Kier molecular flexibility index (Phi) is 6.52. The number of likely N-dealkylation sites (tertiary alicyclic amines) is 1. The molecule has 2 heterocycles. The Morgan fingerprint density at radius 2 is 1.88 bits per heavy atom. The van der Waals surface area contributed by atoms with Crippen LogP contribution in [0.15, 0.2) is 41.8 Å². The first kappa shape index (κ1) is 18.9. The summed E-state index contributed by atoms with van der Waals surface area (Å²) in [4.78, 5) is 3.82. The molecular formula is C18H23ClN2O2S2. The molecule has 7 heteroatoms. The van der Waals surface area contributed by atoms with E-state index in [4.69, 9.17) is 11.6 Å². The number of rotatable bonds is 7. The third-order valence-electron chi connectivity index (χ3n) is 4.55. The molecule has 4 nitrogen and oxygen atoms in total. The minimum Gasteiger partial charge on any atom is -0.302 e. The summed E-state index contributed by atoms with van der Waals surface area (Å²) < 4.78 is 27.1. The molecule has 1 fully saturated rings. The zero-order chi connectivity index (χ0) is 17.7. The van der Waals surface area contributed by atoms with E-state index < -0.39 is 10.0 Å². The molecule has 0 bridgehead atoms. The zero-order valence-corrected chi connectivity index (χ0v) is 16.4. The molecule has 0 aliphatic carbocycles. The second-order valence-corrected chi connectivity index (χ2v) is 9.63. The number of hydrogen-bond acceptors (Lipinski definition) is 4. The Bertz CT molecular complexity index is 753. The normalized spacial score (nSPS) is 17.0. The third-order valence-corrected chi connectivity index (χ3v) is 7.20. The van der Waals surface area contributed by atoms with Crippen molar-refractivity contribution in [2.45, 2.75) is 24.5 Å². The van der Waals surface area contributed by atoms with Crippen molar-refractivity contribution in [3.63, 3.8) is 0 Å². The molecule has 0 unspecified atom stereocenters. The number of hydrogen-bond donors (Lipinski definition) is 1. The highest BCUT2D eigenvalue weighted by Crippen LogP contribution is 2.30. The molecule has 25 heavy (non-hydrogen) atoms. The molecule has 0 radical (unpaired) electrons. The first-order valence-corrected chi connectivity index (χ1v) is 11.4. The average Bonchev–Trinajstić information content (AvgIpc) is 3.12. The maximum atomic E-state index is 12.2. The van der Waals surface area contributed by atoms with Crippen molar-refractivity contribution in [1.82, 2.24) is 9.62 Å². The molecule has 0 saturated carbocycles. The summed E-state index contributed by atoms with van der Waals surface area (Å²) >= 11 is 7.66. The lowest BCUT2D eigenvalue weighted by Gasteiger charge is -2.31. The van der Waals surface area contributed by atoms with Gasteiger partial charge in [0.2, 0.25) is 10.0 Å². The summed E-state index contributed by atoms with van der Waals surface area (Å²) in [6.45, 7) is 3.28. The van der Waals surface area contributed by atoms with Gasteiger partial charge in [-0.05, 0) is 61.0 Å². The van der Waals surface area contributed by atoms with Crippen molar-refractivity contribution in [2.75, 3.05) is 26.2 Å². The van der Waals surface area contributed by atoms with Gasteiger partial charge in [0, 0.05) is 23.0 Å². The van der Waals surface area contributed by atoms with Crippen LogP contribution >= 0.6 is 22.9 Å². The van der Waals surface area contributed by atoms with Gasteiger partial charge in [-0.25, -0.2) is 13.1 Å². The van der Waals surface area contributed by atoms with E-state index in [1.807, 2.05) is 11.3 Å². The summed E-state index contributed by atoms with van der Waals surface area (Å²) in [5, 5.41) is 2.75. The molecule has 1 N–H and O–H groups in total. The van der Waals surface area contributed by atoms with Gasteiger partial charge in [-0.2, -0.15) is 0 Å². The molecule has 1 aromatic heterocycles. The van der Waals surface area contributed by atoms with Crippen LogP contribution in [0.5, 0.6) is 0 Å². The standard InChI is InChI=1S/C18H23ClN2O2S2/c19-17-5-3-15(4-6-17)14-25(22,23)20-9-12-21-10-7-16(8-11-21)18-2-1-13-24-18/h1-6,13,16,20H,7-12,14H2. The van der Waals surface area contributed by atoms with Crippen LogP contribution < -0.4 is 4.72 Å². The lowest BCUT2D eigenvalue weighted by molar-refractivity contribution is 0.217. The monoisotopic (exact) mass is 398 g/mol. The second-order valence-electron chi connectivity index (χ2n) is 6.41. The van der Waals surface area contributed by atoms with Crippen LogP contribution in [0, 0.1) is 0 Å². The summed E-state index contributed by atoms with van der Waals surface area (Å²) in [6.07, 6.45) is 2.30. The summed E-state index contributed by atoms with van der Waals surface area (Å²) in [7, 11) is -3.31. The predicted molar refractivity (Wildman–Crippen MR) is 105 cm³/mol. The fourth-order valence-corrected chi connectivity index (χ4v) is 5.34. The number of piperidine rings is 1. The minimum atomic E-state index is -3.31. The quantitative estimate of drug-likeness (QED) is 0.773. The number of nitrogens with one attached hydrogen (secondary N) is 1. The highest BCUT2D eigenvalue weighted by molar-refractivity contribution is 7.88. The lowest BCUT2D eigenvalue weighted by Crippen LogP contribution is -2.39.